The van der Waals surface area contributed by atoms with E-state index in [1.807, 2.05) is 18.5 Å². The zero-order valence-corrected chi connectivity index (χ0v) is 12.4. The molecule has 1 aromatic heterocycles. The van der Waals surface area contributed by atoms with Crippen molar-refractivity contribution in [1.29, 1.82) is 0 Å². The maximum absolute atomic E-state index is 11.6. The number of nitrogens with two attached hydrogens (primary N) is 1. The van der Waals surface area contributed by atoms with Gasteiger partial charge in [-0.25, -0.2) is 0 Å². The molecule has 0 aliphatic heterocycles. The Hall–Kier alpha value is -1.36. The monoisotopic (exact) mass is 267 g/mol. The normalized spacial score (nSPS) is 12.5. The Morgan fingerprint density at radius 3 is 2.68 bits per heavy atom. The Balaban J connectivity index is 2.78. The van der Waals surface area contributed by atoms with Gasteiger partial charge in [0, 0.05) is 18.7 Å². The molecular weight excluding hydrogens is 242 g/mol. The molecule has 0 fully saturated rings. The van der Waals surface area contributed by atoms with Crippen molar-refractivity contribution in [3.05, 3.63) is 17.0 Å². The van der Waals surface area contributed by atoms with E-state index < -0.39 is 6.04 Å². The van der Waals surface area contributed by atoms with E-state index in [-0.39, 0.29) is 5.97 Å². The van der Waals surface area contributed by atoms with Gasteiger partial charge in [0.25, 0.3) is 0 Å². The fraction of sp³-hybridized carbons (Fsp3) is 0.714. The van der Waals surface area contributed by atoms with Crippen LogP contribution in [0.1, 0.15) is 43.6 Å². The quantitative estimate of drug-likeness (QED) is 0.764. The van der Waals surface area contributed by atoms with Crippen molar-refractivity contribution in [2.75, 3.05) is 6.61 Å². The molecule has 0 saturated heterocycles. The zero-order chi connectivity index (χ0) is 14.4. The summed E-state index contributed by atoms with van der Waals surface area (Å²) in [6.45, 7) is 9.21. The number of aromatic nitrogens is 2. The molecule has 0 bridgehead atoms. The Morgan fingerprint density at radius 1 is 1.42 bits per heavy atom. The van der Waals surface area contributed by atoms with Gasteiger partial charge >= 0.3 is 5.97 Å². The summed E-state index contributed by atoms with van der Waals surface area (Å²) in [5.74, 6) is -0.345. The molecule has 0 saturated carbocycles. The molecule has 2 N–H and O–H groups in total. The number of rotatable bonds is 7. The second-order valence-corrected chi connectivity index (χ2v) is 4.79. The molecule has 5 nitrogen and oxygen atoms in total. The molecule has 0 radical (unpaired) electrons. The highest BCUT2D eigenvalue weighted by atomic mass is 16.5. The van der Waals surface area contributed by atoms with Gasteiger partial charge in [0.2, 0.25) is 0 Å². The summed E-state index contributed by atoms with van der Waals surface area (Å²) in [6.07, 6.45) is 2.73. The van der Waals surface area contributed by atoms with Crippen LogP contribution < -0.4 is 5.73 Å². The maximum atomic E-state index is 11.6. The Morgan fingerprint density at radius 2 is 2.11 bits per heavy atom. The SMILES string of the molecule is CCCCn1nc(C)c(CC(N)C(=O)OCC)c1C. The zero-order valence-electron chi connectivity index (χ0n) is 12.4. The first-order valence-corrected chi connectivity index (χ1v) is 6.96. The number of carbonyl (C=O) groups excluding carboxylic acids is 1. The third-order valence-electron chi connectivity index (χ3n) is 3.27. The van der Waals surface area contributed by atoms with Gasteiger partial charge in [-0.3, -0.25) is 9.48 Å². The van der Waals surface area contributed by atoms with Crippen LogP contribution in [0.25, 0.3) is 0 Å². The van der Waals surface area contributed by atoms with Crippen LogP contribution in [0.3, 0.4) is 0 Å². The van der Waals surface area contributed by atoms with Crippen molar-refractivity contribution in [2.45, 2.75) is 59.5 Å². The average molecular weight is 267 g/mol. The number of nitrogens with zero attached hydrogens (tertiary/aromatic N) is 2. The van der Waals surface area contributed by atoms with E-state index in [4.69, 9.17) is 10.5 Å². The molecule has 108 valence electrons. The number of hydrogen-bond donors (Lipinski definition) is 1. The number of unbranched alkanes of at least 4 members (excludes halogenated alkanes) is 1. The molecule has 0 spiro atoms. The molecular formula is C14H25N3O2. The third-order valence-corrected chi connectivity index (χ3v) is 3.27. The number of hydrogen-bond acceptors (Lipinski definition) is 4. The minimum absolute atomic E-state index is 0.345. The summed E-state index contributed by atoms with van der Waals surface area (Å²) < 4.78 is 6.94. The average Bonchev–Trinajstić information content (AvgIpc) is 2.64. The van der Waals surface area contributed by atoms with E-state index in [0.29, 0.717) is 13.0 Å². The van der Waals surface area contributed by atoms with E-state index in [2.05, 4.69) is 12.0 Å². The summed E-state index contributed by atoms with van der Waals surface area (Å²) in [5, 5.41) is 4.52. The van der Waals surface area contributed by atoms with Crippen LogP contribution in [0.15, 0.2) is 0 Å². The first-order valence-electron chi connectivity index (χ1n) is 6.96. The first kappa shape index (κ1) is 15.7. The fourth-order valence-electron chi connectivity index (χ4n) is 2.11. The van der Waals surface area contributed by atoms with Crippen LogP contribution in [0.4, 0.5) is 0 Å². The van der Waals surface area contributed by atoms with E-state index in [1.165, 1.54) is 0 Å². The lowest BCUT2D eigenvalue weighted by atomic mass is 10.0. The van der Waals surface area contributed by atoms with Gasteiger partial charge in [-0.2, -0.15) is 5.10 Å². The van der Waals surface area contributed by atoms with Crippen LogP contribution in [-0.4, -0.2) is 28.4 Å². The molecule has 0 aliphatic carbocycles. The molecule has 1 heterocycles. The Kier molecular flexibility index (Phi) is 6.02. The standard InChI is InChI=1S/C14H25N3O2/c1-5-7-8-17-11(4)12(10(3)16-17)9-13(15)14(18)19-6-2/h13H,5-9,15H2,1-4H3. The Bertz CT molecular complexity index is 427. The summed E-state index contributed by atoms with van der Waals surface area (Å²) >= 11 is 0. The number of aryl methyl sites for hydroxylation is 2. The molecule has 0 aliphatic rings. The molecule has 5 heteroatoms. The second kappa shape index (κ2) is 7.28. The van der Waals surface area contributed by atoms with Crippen LogP contribution in [-0.2, 0) is 22.5 Å². The minimum Gasteiger partial charge on any atom is -0.465 e. The predicted octanol–water partition coefficient (Wildman–Crippen LogP) is 1.73. The van der Waals surface area contributed by atoms with Gasteiger partial charge < -0.3 is 10.5 Å². The summed E-state index contributed by atoms with van der Waals surface area (Å²) in [6, 6.07) is -0.610. The molecule has 1 atom stereocenters. The molecule has 0 aromatic carbocycles. The smallest absolute Gasteiger partial charge is 0.323 e. The number of carbonyl (C=O) groups is 1. The van der Waals surface area contributed by atoms with E-state index in [1.54, 1.807) is 6.92 Å². The summed E-state index contributed by atoms with van der Waals surface area (Å²) in [7, 11) is 0. The van der Waals surface area contributed by atoms with E-state index >= 15 is 0 Å². The van der Waals surface area contributed by atoms with Gasteiger partial charge in [-0.15, -0.1) is 0 Å². The van der Waals surface area contributed by atoms with E-state index in [0.717, 1.165) is 36.3 Å². The lowest BCUT2D eigenvalue weighted by molar-refractivity contribution is -0.144. The maximum Gasteiger partial charge on any atom is 0.323 e. The van der Waals surface area contributed by atoms with Crippen molar-refractivity contribution in [2.24, 2.45) is 5.73 Å². The molecule has 1 unspecified atom stereocenters. The molecule has 19 heavy (non-hydrogen) atoms. The summed E-state index contributed by atoms with van der Waals surface area (Å²) in [5.41, 5.74) is 8.99. The largest absolute Gasteiger partial charge is 0.465 e. The van der Waals surface area contributed by atoms with Crippen molar-refractivity contribution in [1.82, 2.24) is 9.78 Å². The van der Waals surface area contributed by atoms with Gasteiger partial charge in [0.05, 0.1) is 12.3 Å². The highest BCUT2D eigenvalue weighted by Gasteiger charge is 2.20. The highest BCUT2D eigenvalue weighted by molar-refractivity contribution is 5.76. The van der Waals surface area contributed by atoms with Gasteiger partial charge in [0.1, 0.15) is 6.04 Å². The van der Waals surface area contributed by atoms with Crippen molar-refractivity contribution in [3.63, 3.8) is 0 Å². The van der Waals surface area contributed by atoms with Crippen LogP contribution in [0.5, 0.6) is 0 Å². The van der Waals surface area contributed by atoms with Crippen LogP contribution in [0.2, 0.25) is 0 Å². The third kappa shape index (κ3) is 4.06. The van der Waals surface area contributed by atoms with Gasteiger partial charge in [-0.05, 0) is 32.8 Å². The highest BCUT2D eigenvalue weighted by Crippen LogP contribution is 2.16. The number of ether oxygens (including phenoxy) is 1. The lowest BCUT2D eigenvalue weighted by Gasteiger charge is -2.11. The van der Waals surface area contributed by atoms with Gasteiger partial charge in [0.15, 0.2) is 0 Å². The second-order valence-electron chi connectivity index (χ2n) is 4.79. The van der Waals surface area contributed by atoms with E-state index in [9.17, 15) is 4.79 Å². The topological polar surface area (TPSA) is 70.1 Å². The molecule has 0 amide bonds. The van der Waals surface area contributed by atoms with Gasteiger partial charge in [-0.1, -0.05) is 13.3 Å². The first-order chi connectivity index (χ1) is 9.01. The van der Waals surface area contributed by atoms with Crippen LogP contribution in [0, 0.1) is 13.8 Å². The van der Waals surface area contributed by atoms with Crippen molar-refractivity contribution in [3.8, 4) is 0 Å². The van der Waals surface area contributed by atoms with Crippen molar-refractivity contribution < 1.29 is 9.53 Å². The Labute approximate surface area is 115 Å². The predicted molar refractivity (Wildman–Crippen MR) is 74.9 cm³/mol. The fourth-order valence-corrected chi connectivity index (χ4v) is 2.11. The molecule has 1 aromatic rings. The lowest BCUT2D eigenvalue weighted by Crippen LogP contribution is -2.34. The minimum atomic E-state index is -0.610. The summed E-state index contributed by atoms with van der Waals surface area (Å²) in [4.78, 5) is 11.6. The number of esters is 1. The van der Waals surface area contributed by atoms with Crippen LogP contribution >= 0.6 is 0 Å². The van der Waals surface area contributed by atoms with Crippen molar-refractivity contribution >= 4 is 5.97 Å². The molecule has 1 rings (SSSR count).